The first-order chi connectivity index (χ1) is 11.7. The van der Waals surface area contributed by atoms with Crippen molar-refractivity contribution in [2.45, 2.75) is 12.8 Å². The number of esters is 1. The van der Waals surface area contributed by atoms with Crippen LogP contribution in [0.2, 0.25) is 0 Å². The van der Waals surface area contributed by atoms with E-state index in [2.05, 4.69) is 11.1 Å². The van der Waals surface area contributed by atoms with Crippen molar-refractivity contribution < 1.29 is 13.9 Å². The molecule has 1 aliphatic heterocycles. The third kappa shape index (κ3) is 2.63. The van der Waals surface area contributed by atoms with E-state index in [0.29, 0.717) is 17.4 Å². The molecule has 24 heavy (non-hydrogen) atoms. The Morgan fingerprint density at radius 3 is 2.83 bits per heavy atom. The van der Waals surface area contributed by atoms with Crippen LogP contribution in [0.5, 0.6) is 5.75 Å². The van der Waals surface area contributed by atoms with Crippen LogP contribution in [0.15, 0.2) is 59.1 Å². The number of hydrogen-bond acceptors (Lipinski definition) is 4. The van der Waals surface area contributed by atoms with Crippen LogP contribution < -0.4 is 4.74 Å². The van der Waals surface area contributed by atoms with Crippen LogP contribution in [0.1, 0.15) is 34.3 Å². The number of benzene rings is 2. The van der Waals surface area contributed by atoms with Crippen molar-refractivity contribution in [2.24, 2.45) is 0 Å². The molecule has 2 aromatic carbocycles. The zero-order chi connectivity index (χ0) is 16.5. The van der Waals surface area contributed by atoms with Crippen molar-refractivity contribution in [3.63, 3.8) is 0 Å². The first-order valence-electron chi connectivity index (χ1n) is 7.72. The van der Waals surface area contributed by atoms with Crippen LogP contribution in [0, 0.1) is 6.92 Å². The quantitative estimate of drug-likeness (QED) is 0.536. The number of aryl methyl sites for hydroxylation is 1. The highest BCUT2D eigenvalue weighted by molar-refractivity contribution is 5.88. The molecular formula is C20H15NO3. The third-order valence-corrected chi connectivity index (χ3v) is 3.96. The Morgan fingerprint density at radius 1 is 1.08 bits per heavy atom. The highest BCUT2D eigenvalue weighted by atomic mass is 16.5. The molecule has 118 valence electrons. The van der Waals surface area contributed by atoms with Crippen LogP contribution in [-0.4, -0.2) is 11.0 Å². The lowest BCUT2D eigenvalue weighted by atomic mass is 9.99. The van der Waals surface area contributed by atoms with E-state index in [0.717, 1.165) is 11.1 Å². The molecule has 1 aromatic heterocycles. The molecule has 2 heterocycles. The van der Waals surface area contributed by atoms with Gasteiger partial charge in [-0.3, -0.25) is 4.79 Å². The Morgan fingerprint density at radius 2 is 1.96 bits per heavy atom. The van der Waals surface area contributed by atoms with Gasteiger partial charge in [-0.1, -0.05) is 48.0 Å². The van der Waals surface area contributed by atoms with Gasteiger partial charge < -0.3 is 9.15 Å². The topological polar surface area (TPSA) is 52.3 Å². The van der Waals surface area contributed by atoms with Gasteiger partial charge in [-0.2, -0.15) is 0 Å². The van der Waals surface area contributed by atoms with E-state index in [-0.39, 0.29) is 5.97 Å². The molecule has 0 aliphatic carbocycles. The van der Waals surface area contributed by atoms with Gasteiger partial charge in [0, 0.05) is 11.6 Å². The van der Waals surface area contributed by atoms with Gasteiger partial charge in [0.05, 0.1) is 6.20 Å². The minimum absolute atomic E-state index is 0.332. The average Bonchev–Trinajstić information content (AvgIpc) is 3.16. The molecular weight excluding hydrogens is 302 g/mol. The van der Waals surface area contributed by atoms with E-state index in [4.69, 9.17) is 9.15 Å². The van der Waals surface area contributed by atoms with E-state index in [1.165, 1.54) is 5.56 Å². The van der Waals surface area contributed by atoms with Gasteiger partial charge in [-0.15, -0.1) is 0 Å². The maximum absolute atomic E-state index is 12.1. The Bertz CT molecular complexity index is 939. The fourth-order valence-electron chi connectivity index (χ4n) is 2.83. The Hall–Kier alpha value is -3.14. The van der Waals surface area contributed by atoms with E-state index in [1.54, 1.807) is 18.3 Å². The molecule has 0 bridgehead atoms. The van der Waals surface area contributed by atoms with Gasteiger partial charge in [0.25, 0.3) is 0 Å². The Kier molecular flexibility index (Phi) is 3.50. The summed E-state index contributed by atoms with van der Waals surface area (Å²) < 4.78 is 11.0. The number of aromatic nitrogens is 1. The summed E-state index contributed by atoms with van der Waals surface area (Å²) in [5.74, 6) is 0.662. The summed E-state index contributed by atoms with van der Waals surface area (Å²) in [6, 6.07) is 15.5. The predicted molar refractivity (Wildman–Crippen MR) is 90.5 cm³/mol. The fraction of sp³-hybridized carbons (Fsp3) is 0.100. The maximum atomic E-state index is 12.1. The van der Waals surface area contributed by atoms with Crippen molar-refractivity contribution in [2.75, 3.05) is 0 Å². The number of para-hydroxylation sites is 1. The second-order valence-corrected chi connectivity index (χ2v) is 5.74. The fourth-order valence-corrected chi connectivity index (χ4v) is 2.83. The molecule has 0 N–H and O–H groups in total. The number of carbonyl (C=O) groups is 1. The molecule has 0 saturated heterocycles. The number of ether oxygens (including phenoxy) is 1. The monoisotopic (exact) mass is 317 g/mol. The third-order valence-electron chi connectivity index (χ3n) is 3.96. The summed E-state index contributed by atoms with van der Waals surface area (Å²) in [4.78, 5) is 16.4. The molecule has 4 nitrogen and oxygen atoms in total. The van der Waals surface area contributed by atoms with Crippen LogP contribution >= 0.6 is 0 Å². The first kappa shape index (κ1) is 14.5. The smallest absolute Gasteiger partial charge is 0.326 e. The summed E-state index contributed by atoms with van der Waals surface area (Å²) in [6.45, 7) is 2.05. The second-order valence-electron chi connectivity index (χ2n) is 5.74. The zero-order valence-electron chi connectivity index (χ0n) is 13.1. The SMILES string of the molecule is Cc1cccc(/C=C/c2ncc(C3C(=O)Oc4ccccc43)o2)c1. The normalized spacial score (nSPS) is 16.4. The molecule has 0 radical (unpaired) electrons. The van der Waals surface area contributed by atoms with Gasteiger partial charge in [0.15, 0.2) is 0 Å². The molecule has 0 fully saturated rings. The van der Waals surface area contributed by atoms with Crippen LogP contribution in [0.3, 0.4) is 0 Å². The number of rotatable bonds is 3. The lowest BCUT2D eigenvalue weighted by molar-refractivity contribution is -0.133. The maximum Gasteiger partial charge on any atom is 0.326 e. The van der Waals surface area contributed by atoms with Crippen LogP contribution in [0.4, 0.5) is 0 Å². The highest BCUT2D eigenvalue weighted by Crippen LogP contribution is 2.39. The zero-order valence-corrected chi connectivity index (χ0v) is 13.1. The molecule has 4 rings (SSSR count). The van der Waals surface area contributed by atoms with Crippen molar-refractivity contribution in [1.82, 2.24) is 4.98 Å². The summed E-state index contributed by atoms with van der Waals surface area (Å²) in [5, 5.41) is 0. The van der Waals surface area contributed by atoms with Crippen molar-refractivity contribution in [3.05, 3.63) is 83.1 Å². The summed E-state index contributed by atoms with van der Waals surface area (Å²) in [5.41, 5.74) is 3.07. The summed E-state index contributed by atoms with van der Waals surface area (Å²) in [7, 11) is 0. The van der Waals surface area contributed by atoms with Crippen LogP contribution in [-0.2, 0) is 4.79 Å². The molecule has 0 saturated carbocycles. The number of hydrogen-bond donors (Lipinski definition) is 0. The van der Waals surface area contributed by atoms with E-state index < -0.39 is 5.92 Å². The van der Waals surface area contributed by atoms with E-state index in [9.17, 15) is 4.79 Å². The number of oxazole rings is 1. The van der Waals surface area contributed by atoms with Crippen LogP contribution in [0.25, 0.3) is 12.2 Å². The number of carbonyl (C=O) groups excluding carboxylic acids is 1. The van der Waals surface area contributed by atoms with Gasteiger partial charge in [0.2, 0.25) is 5.89 Å². The molecule has 0 spiro atoms. The molecule has 3 aromatic rings. The minimum Gasteiger partial charge on any atom is -0.441 e. The van der Waals surface area contributed by atoms with E-state index >= 15 is 0 Å². The first-order valence-corrected chi connectivity index (χ1v) is 7.72. The van der Waals surface area contributed by atoms with Gasteiger partial charge in [0.1, 0.15) is 17.4 Å². The minimum atomic E-state index is -0.546. The summed E-state index contributed by atoms with van der Waals surface area (Å²) >= 11 is 0. The van der Waals surface area contributed by atoms with Gasteiger partial charge in [-0.25, -0.2) is 4.98 Å². The molecule has 1 atom stereocenters. The highest BCUT2D eigenvalue weighted by Gasteiger charge is 2.36. The average molecular weight is 317 g/mol. The molecule has 1 aliphatic rings. The van der Waals surface area contributed by atoms with E-state index in [1.807, 2.05) is 49.4 Å². The Balaban J connectivity index is 1.60. The molecule has 4 heteroatoms. The second kappa shape index (κ2) is 5.81. The largest absolute Gasteiger partial charge is 0.441 e. The predicted octanol–water partition coefficient (Wildman–Crippen LogP) is 4.20. The molecule has 1 unspecified atom stereocenters. The molecule has 0 amide bonds. The van der Waals surface area contributed by atoms with Crippen molar-refractivity contribution in [3.8, 4) is 5.75 Å². The van der Waals surface area contributed by atoms with Gasteiger partial charge >= 0.3 is 5.97 Å². The summed E-state index contributed by atoms with van der Waals surface area (Å²) in [6.07, 6.45) is 5.32. The Labute approximate surface area is 139 Å². The number of fused-ring (bicyclic) bond motifs is 1. The van der Waals surface area contributed by atoms with Gasteiger partial charge in [-0.05, 0) is 24.6 Å². The lowest BCUT2D eigenvalue weighted by Gasteiger charge is -2.01. The van der Waals surface area contributed by atoms with Crippen molar-refractivity contribution in [1.29, 1.82) is 0 Å². The number of nitrogens with zero attached hydrogens (tertiary/aromatic N) is 1. The van der Waals surface area contributed by atoms with Crippen molar-refractivity contribution >= 4 is 18.1 Å². The standard InChI is InChI=1S/C20H15NO3/c1-13-5-4-6-14(11-13)9-10-18-21-12-17(23-18)19-15-7-2-3-8-16(15)24-20(19)22/h2-12,19H,1H3/b10-9+. The lowest BCUT2D eigenvalue weighted by Crippen LogP contribution is -2.10.